The van der Waals surface area contributed by atoms with Gasteiger partial charge in [-0.05, 0) is 38.0 Å². The smallest absolute Gasteiger partial charge is 0.235 e. The van der Waals surface area contributed by atoms with Gasteiger partial charge in [-0.2, -0.15) is 0 Å². The molecule has 0 aromatic rings. The molecule has 1 aliphatic carbocycles. The molecule has 110 valence electrons. The van der Waals surface area contributed by atoms with Gasteiger partial charge in [-0.3, -0.25) is 4.79 Å². The Labute approximate surface area is 122 Å². The largest absolute Gasteiger partial charge is 0.392 e. The highest BCUT2D eigenvalue weighted by Gasteiger charge is 2.44. The molecule has 1 amide bonds. The van der Waals surface area contributed by atoms with Crippen LogP contribution in [0.4, 0.5) is 0 Å². The van der Waals surface area contributed by atoms with Crippen LogP contribution in [0.2, 0.25) is 0 Å². The first-order valence-corrected chi connectivity index (χ1v) is 7.90. The van der Waals surface area contributed by atoms with Crippen LogP contribution in [-0.4, -0.2) is 28.4 Å². The van der Waals surface area contributed by atoms with Gasteiger partial charge >= 0.3 is 0 Å². The molecule has 0 heterocycles. The summed E-state index contributed by atoms with van der Waals surface area (Å²) in [5.74, 6) is 0.768. The molecule has 0 unspecified atom stereocenters. The lowest BCUT2D eigenvalue weighted by atomic mass is 9.80. The number of nitrogens with two attached hydrogens (primary N) is 1. The van der Waals surface area contributed by atoms with Crippen LogP contribution in [0.1, 0.15) is 59.8 Å². The van der Waals surface area contributed by atoms with Crippen LogP contribution < -0.4 is 5.73 Å². The Morgan fingerprint density at radius 1 is 1.37 bits per heavy atom. The highest BCUT2D eigenvalue weighted by atomic mass is 32.1. The molecule has 1 rings (SSSR count). The Balaban J connectivity index is 2.87. The lowest BCUT2D eigenvalue weighted by Gasteiger charge is -2.36. The van der Waals surface area contributed by atoms with E-state index in [1.165, 1.54) is 0 Å². The van der Waals surface area contributed by atoms with Gasteiger partial charge in [0.1, 0.15) is 0 Å². The molecule has 19 heavy (non-hydrogen) atoms. The third-order valence-electron chi connectivity index (χ3n) is 4.28. The maximum absolute atomic E-state index is 12.9. The van der Waals surface area contributed by atoms with E-state index in [9.17, 15) is 4.79 Å². The first kappa shape index (κ1) is 16.4. The van der Waals surface area contributed by atoms with Gasteiger partial charge in [0.15, 0.2) is 0 Å². The SMILES string of the molecule is CCC(CC)(C(=O)N(CCC(C)C)C1CC1)C(N)=S. The van der Waals surface area contributed by atoms with Gasteiger partial charge in [0, 0.05) is 12.6 Å². The van der Waals surface area contributed by atoms with Gasteiger partial charge in [0.25, 0.3) is 0 Å². The Morgan fingerprint density at radius 3 is 2.21 bits per heavy atom. The quantitative estimate of drug-likeness (QED) is 0.697. The molecule has 0 spiro atoms. The van der Waals surface area contributed by atoms with Gasteiger partial charge in [-0.25, -0.2) is 0 Å². The lowest BCUT2D eigenvalue weighted by molar-refractivity contribution is -0.139. The zero-order valence-electron chi connectivity index (χ0n) is 12.7. The summed E-state index contributed by atoms with van der Waals surface area (Å²) in [6, 6.07) is 0.429. The second-order valence-corrected chi connectivity index (χ2v) is 6.51. The summed E-state index contributed by atoms with van der Waals surface area (Å²) in [6.07, 6.45) is 4.70. The minimum atomic E-state index is -0.630. The van der Waals surface area contributed by atoms with Crippen LogP contribution in [0.3, 0.4) is 0 Å². The number of hydrogen-bond donors (Lipinski definition) is 1. The van der Waals surface area contributed by atoms with Crippen LogP contribution in [0.25, 0.3) is 0 Å². The van der Waals surface area contributed by atoms with Crippen molar-refractivity contribution in [2.45, 2.75) is 65.8 Å². The van der Waals surface area contributed by atoms with Crippen molar-refractivity contribution in [1.29, 1.82) is 0 Å². The van der Waals surface area contributed by atoms with E-state index in [4.69, 9.17) is 18.0 Å². The number of rotatable bonds is 8. The average molecular weight is 284 g/mol. The minimum Gasteiger partial charge on any atom is -0.392 e. The summed E-state index contributed by atoms with van der Waals surface area (Å²) in [5, 5.41) is 0. The fourth-order valence-corrected chi connectivity index (χ4v) is 2.89. The van der Waals surface area contributed by atoms with Crippen molar-refractivity contribution in [3.8, 4) is 0 Å². The van der Waals surface area contributed by atoms with E-state index >= 15 is 0 Å². The standard InChI is InChI=1S/C15H28N2OS/c1-5-15(6-2,13(16)19)14(18)17(12-7-8-12)10-9-11(3)4/h11-12H,5-10H2,1-4H3,(H2,16,19). The van der Waals surface area contributed by atoms with Crippen molar-refractivity contribution in [1.82, 2.24) is 4.90 Å². The molecule has 0 saturated heterocycles. The summed E-state index contributed by atoms with van der Waals surface area (Å²) in [6.45, 7) is 9.24. The zero-order valence-corrected chi connectivity index (χ0v) is 13.6. The fourth-order valence-electron chi connectivity index (χ4n) is 2.51. The van der Waals surface area contributed by atoms with Gasteiger partial charge in [-0.15, -0.1) is 0 Å². The molecule has 0 aromatic heterocycles. The summed E-state index contributed by atoms with van der Waals surface area (Å²) in [7, 11) is 0. The van der Waals surface area contributed by atoms with Gasteiger partial charge in [0.05, 0.1) is 10.4 Å². The Morgan fingerprint density at radius 2 is 1.89 bits per heavy atom. The van der Waals surface area contributed by atoms with Crippen LogP contribution in [-0.2, 0) is 4.79 Å². The topological polar surface area (TPSA) is 46.3 Å². The van der Waals surface area contributed by atoms with Crippen molar-refractivity contribution < 1.29 is 4.79 Å². The summed E-state index contributed by atoms with van der Waals surface area (Å²) >= 11 is 5.20. The normalized spacial score (nSPS) is 15.6. The first-order valence-electron chi connectivity index (χ1n) is 7.50. The molecule has 1 fully saturated rings. The predicted molar refractivity (Wildman–Crippen MR) is 84.0 cm³/mol. The van der Waals surface area contributed by atoms with E-state index in [1.807, 2.05) is 18.7 Å². The van der Waals surface area contributed by atoms with Gasteiger partial charge in [-0.1, -0.05) is 39.9 Å². The third kappa shape index (κ3) is 3.68. The van der Waals surface area contributed by atoms with E-state index in [1.54, 1.807) is 0 Å². The number of carbonyl (C=O) groups is 1. The second-order valence-electron chi connectivity index (χ2n) is 6.07. The predicted octanol–water partition coefficient (Wildman–Crippen LogP) is 3.12. The Hall–Kier alpha value is -0.640. The molecule has 0 aromatic carbocycles. The zero-order chi connectivity index (χ0) is 14.6. The third-order valence-corrected chi connectivity index (χ3v) is 4.67. The molecule has 0 radical (unpaired) electrons. The maximum Gasteiger partial charge on any atom is 0.235 e. The average Bonchev–Trinajstić information content (AvgIpc) is 3.15. The van der Waals surface area contributed by atoms with E-state index in [-0.39, 0.29) is 5.91 Å². The number of thiocarbonyl (C=S) groups is 1. The van der Waals surface area contributed by atoms with Crippen molar-refractivity contribution in [3.63, 3.8) is 0 Å². The molecule has 2 N–H and O–H groups in total. The first-order chi connectivity index (χ1) is 8.89. The van der Waals surface area contributed by atoms with E-state index in [0.29, 0.717) is 29.8 Å². The Kier molecular flexibility index (Phi) is 5.78. The summed E-state index contributed by atoms with van der Waals surface area (Å²) in [4.78, 5) is 15.3. The summed E-state index contributed by atoms with van der Waals surface area (Å²) in [5.41, 5.74) is 5.26. The van der Waals surface area contributed by atoms with Crippen molar-refractivity contribution in [3.05, 3.63) is 0 Å². The fraction of sp³-hybridized carbons (Fsp3) is 0.867. The molecule has 4 heteroatoms. The number of carbonyl (C=O) groups excluding carboxylic acids is 1. The molecule has 0 atom stereocenters. The highest BCUT2D eigenvalue weighted by molar-refractivity contribution is 7.80. The molecular weight excluding hydrogens is 256 g/mol. The van der Waals surface area contributed by atoms with E-state index in [0.717, 1.165) is 25.8 Å². The second kappa shape index (κ2) is 6.69. The van der Waals surface area contributed by atoms with Crippen molar-refractivity contribution in [2.75, 3.05) is 6.54 Å². The molecule has 0 bridgehead atoms. The van der Waals surface area contributed by atoms with Crippen LogP contribution in [0, 0.1) is 11.3 Å². The maximum atomic E-state index is 12.9. The van der Waals surface area contributed by atoms with E-state index in [2.05, 4.69) is 13.8 Å². The Bertz CT molecular complexity index is 333. The van der Waals surface area contributed by atoms with Crippen LogP contribution >= 0.6 is 12.2 Å². The number of amides is 1. The number of nitrogens with zero attached hydrogens (tertiary/aromatic N) is 1. The molecule has 0 aliphatic heterocycles. The van der Waals surface area contributed by atoms with Gasteiger partial charge < -0.3 is 10.6 Å². The number of hydrogen-bond acceptors (Lipinski definition) is 2. The monoisotopic (exact) mass is 284 g/mol. The lowest BCUT2D eigenvalue weighted by Crippen LogP contribution is -2.51. The van der Waals surface area contributed by atoms with Crippen LogP contribution in [0.5, 0.6) is 0 Å². The van der Waals surface area contributed by atoms with Gasteiger partial charge in [0.2, 0.25) is 5.91 Å². The molecule has 1 aliphatic rings. The highest BCUT2D eigenvalue weighted by Crippen LogP contribution is 2.35. The molecule has 3 nitrogen and oxygen atoms in total. The molecule has 1 saturated carbocycles. The van der Waals surface area contributed by atoms with Crippen molar-refractivity contribution in [2.24, 2.45) is 17.1 Å². The van der Waals surface area contributed by atoms with Crippen LogP contribution in [0.15, 0.2) is 0 Å². The molecular formula is C15H28N2OS. The summed E-state index contributed by atoms with van der Waals surface area (Å²) < 4.78 is 0. The van der Waals surface area contributed by atoms with Crippen molar-refractivity contribution >= 4 is 23.1 Å². The van der Waals surface area contributed by atoms with E-state index < -0.39 is 5.41 Å². The minimum absolute atomic E-state index is 0.160.